The van der Waals surface area contributed by atoms with E-state index in [0.717, 1.165) is 0 Å². The van der Waals surface area contributed by atoms with Crippen LogP contribution < -0.4 is 4.90 Å². The molecule has 7 heteroatoms. The van der Waals surface area contributed by atoms with Gasteiger partial charge in [-0.2, -0.15) is 4.39 Å². The molecule has 96 valence electrons. The smallest absolute Gasteiger partial charge is 0.311 e. The highest BCUT2D eigenvalue weighted by Crippen LogP contribution is 2.29. The number of carbonyl (C=O) groups is 2. The van der Waals surface area contributed by atoms with Gasteiger partial charge in [-0.15, -0.1) is 0 Å². The Labute approximate surface area is 111 Å². The summed E-state index contributed by atoms with van der Waals surface area (Å²) in [6.07, 6.45) is 1.33. The van der Waals surface area contributed by atoms with Gasteiger partial charge >= 0.3 is 5.97 Å². The molecule has 1 aliphatic heterocycles. The number of ether oxygens (including phenoxy) is 1. The van der Waals surface area contributed by atoms with Crippen molar-refractivity contribution in [2.75, 3.05) is 18.6 Å². The molecule has 1 unspecified atom stereocenters. The Morgan fingerprint density at radius 1 is 1.67 bits per heavy atom. The summed E-state index contributed by atoms with van der Waals surface area (Å²) >= 11 is 3.16. The van der Waals surface area contributed by atoms with Crippen LogP contribution in [0.15, 0.2) is 16.7 Å². The minimum Gasteiger partial charge on any atom is -0.469 e. The highest BCUT2D eigenvalue weighted by Gasteiger charge is 2.37. The van der Waals surface area contributed by atoms with Gasteiger partial charge in [0.05, 0.1) is 13.0 Å². The highest BCUT2D eigenvalue weighted by atomic mass is 79.9. The zero-order valence-electron chi connectivity index (χ0n) is 9.52. The number of hydrogen-bond donors (Lipinski definition) is 0. The van der Waals surface area contributed by atoms with E-state index in [1.807, 2.05) is 0 Å². The Balaban J connectivity index is 2.27. The zero-order valence-corrected chi connectivity index (χ0v) is 11.1. The van der Waals surface area contributed by atoms with Crippen LogP contribution in [-0.2, 0) is 14.3 Å². The molecule has 1 aromatic rings. The van der Waals surface area contributed by atoms with Crippen molar-refractivity contribution in [1.82, 2.24) is 4.98 Å². The molecule has 0 spiro atoms. The Bertz CT molecular complexity index is 509. The summed E-state index contributed by atoms with van der Waals surface area (Å²) in [5.74, 6) is -2.07. The molecule has 0 aromatic carbocycles. The lowest BCUT2D eigenvalue weighted by molar-refractivity contribution is -0.145. The topological polar surface area (TPSA) is 59.5 Å². The molecule has 0 aliphatic carbocycles. The van der Waals surface area contributed by atoms with E-state index in [0.29, 0.717) is 4.47 Å². The highest BCUT2D eigenvalue weighted by molar-refractivity contribution is 9.10. The monoisotopic (exact) mass is 316 g/mol. The number of aromatic nitrogens is 1. The molecular weight excluding hydrogens is 307 g/mol. The van der Waals surface area contributed by atoms with Gasteiger partial charge in [-0.3, -0.25) is 9.59 Å². The summed E-state index contributed by atoms with van der Waals surface area (Å²) in [5.41, 5.74) is 0.0702. The van der Waals surface area contributed by atoms with Crippen LogP contribution in [0.2, 0.25) is 0 Å². The summed E-state index contributed by atoms with van der Waals surface area (Å²) in [6.45, 7) is 0.112. The number of pyridine rings is 1. The normalized spacial score (nSPS) is 19.2. The number of methoxy groups -OCH3 is 1. The van der Waals surface area contributed by atoms with Crippen molar-refractivity contribution in [3.8, 4) is 0 Å². The first-order chi connectivity index (χ1) is 8.52. The van der Waals surface area contributed by atoms with Gasteiger partial charge in [0.1, 0.15) is 5.69 Å². The Morgan fingerprint density at radius 2 is 2.39 bits per heavy atom. The summed E-state index contributed by atoms with van der Waals surface area (Å²) < 4.78 is 18.7. The van der Waals surface area contributed by atoms with Gasteiger partial charge < -0.3 is 9.64 Å². The maximum Gasteiger partial charge on any atom is 0.311 e. The molecule has 0 bridgehead atoms. The van der Waals surface area contributed by atoms with Gasteiger partial charge in [0, 0.05) is 23.6 Å². The van der Waals surface area contributed by atoms with Crippen LogP contribution in [0.5, 0.6) is 0 Å². The maximum absolute atomic E-state index is 13.6. The average Bonchev–Trinajstić information content (AvgIpc) is 2.73. The van der Waals surface area contributed by atoms with Crippen LogP contribution in [0.4, 0.5) is 10.1 Å². The number of amides is 1. The Hall–Kier alpha value is -1.50. The fourth-order valence-corrected chi connectivity index (χ4v) is 2.19. The molecule has 0 saturated carbocycles. The van der Waals surface area contributed by atoms with Crippen molar-refractivity contribution in [2.24, 2.45) is 5.92 Å². The number of hydrogen-bond acceptors (Lipinski definition) is 4. The van der Waals surface area contributed by atoms with Gasteiger partial charge in [-0.1, -0.05) is 0 Å². The molecule has 1 saturated heterocycles. The minimum atomic E-state index is -0.739. The van der Waals surface area contributed by atoms with Crippen molar-refractivity contribution in [3.63, 3.8) is 0 Å². The van der Waals surface area contributed by atoms with Crippen LogP contribution in [0.25, 0.3) is 0 Å². The van der Waals surface area contributed by atoms with Crippen molar-refractivity contribution in [2.45, 2.75) is 6.42 Å². The van der Waals surface area contributed by atoms with Gasteiger partial charge in [0.25, 0.3) is 0 Å². The average molecular weight is 317 g/mol. The van der Waals surface area contributed by atoms with Gasteiger partial charge in [0.2, 0.25) is 11.9 Å². The predicted octanol–water partition coefficient (Wildman–Crippen LogP) is 1.51. The van der Waals surface area contributed by atoms with Gasteiger partial charge in [-0.25, -0.2) is 4.98 Å². The molecular formula is C11H10BrFN2O3. The SMILES string of the molecule is COC(=O)C1CC(=O)N(c2cc(Br)cnc2F)C1. The molecule has 1 atom stereocenters. The van der Waals surface area contributed by atoms with Crippen molar-refractivity contribution in [1.29, 1.82) is 0 Å². The van der Waals surface area contributed by atoms with Crippen LogP contribution in [-0.4, -0.2) is 30.5 Å². The summed E-state index contributed by atoms with van der Waals surface area (Å²) in [4.78, 5) is 27.9. The third-order valence-electron chi connectivity index (χ3n) is 2.74. The molecule has 5 nitrogen and oxygen atoms in total. The van der Waals surface area contributed by atoms with E-state index in [4.69, 9.17) is 0 Å². The summed E-state index contributed by atoms with van der Waals surface area (Å²) in [5, 5.41) is 0. The van der Waals surface area contributed by atoms with E-state index in [9.17, 15) is 14.0 Å². The predicted molar refractivity (Wildman–Crippen MR) is 64.4 cm³/mol. The van der Waals surface area contributed by atoms with E-state index < -0.39 is 17.8 Å². The number of esters is 1. The Kier molecular flexibility index (Phi) is 3.60. The standard InChI is InChI=1S/C11H10BrFN2O3/c1-18-11(17)6-2-9(16)15(5-6)8-3-7(12)4-14-10(8)13/h3-4,6H,2,5H2,1H3. The summed E-state index contributed by atoms with van der Waals surface area (Å²) in [6, 6.07) is 1.46. The largest absolute Gasteiger partial charge is 0.469 e. The minimum absolute atomic E-state index is 0.0264. The lowest BCUT2D eigenvalue weighted by Crippen LogP contribution is -2.27. The number of halogens is 2. The quantitative estimate of drug-likeness (QED) is 0.613. The molecule has 0 N–H and O–H groups in total. The van der Waals surface area contributed by atoms with Crippen LogP contribution in [0, 0.1) is 11.9 Å². The second-order valence-electron chi connectivity index (χ2n) is 3.89. The second kappa shape index (κ2) is 5.01. The summed E-state index contributed by atoms with van der Waals surface area (Å²) in [7, 11) is 1.26. The van der Waals surface area contributed by atoms with Crippen molar-refractivity contribution >= 4 is 33.5 Å². The van der Waals surface area contributed by atoms with Crippen LogP contribution >= 0.6 is 15.9 Å². The first kappa shape index (κ1) is 12.9. The molecule has 18 heavy (non-hydrogen) atoms. The van der Waals surface area contributed by atoms with Crippen molar-refractivity contribution < 1.29 is 18.7 Å². The van der Waals surface area contributed by atoms with Crippen LogP contribution in [0.1, 0.15) is 6.42 Å². The number of carbonyl (C=O) groups excluding carboxylic acids is 2. The lowest BCUT2D eigenvalue weighted by atomic mass is 10.1. The number of nitrogens with zero attached hydrogens (tertiary/aromatic N) is 2. The van der Waals surface area contributed by atoms with E-state index in [1.54, 1.807) is 0 Å². The Morgan fingerprint density at radius 3 is 3.06 bits per heavy atom. The van der Waals surface area contributed by atoms with E-state index >= 15 is 0 Å². The van der Waals surface area contributed by atoms with Gasteiger partial charge in [0.15, 0.2) is 0 Å². The number of anilines is 1. The second-order valence-corrected chi connectivity index (χ2v) is 4.81. The van der Waals surface area contributed by atoms with Gasteiger partial charge in [-0.05, 0) is 22.0 Å². The molecule has 2 rings (SSSR count). The molecule has 0 radical (unpaired) electrons. The zero-order chi connectivity index (χ0) is 13.3. The molecule has 1 amide bonds. The third kappa shape index (κ3) is 2.35. The van der Waals surface area contributed by atoms with E-state index in [-0.39, 0.29) is 24.6 Å². The van der Waals surface area contributed by atoms with E-state index in [2.05, 4.69) is 25.7 Å². The number of rotatable bonds is 2. The first-order valence-electron chi connectivity index (χ1n) is 5.22. The molecule has 1 aliphatic rings. The van der Waals surface area contributed by atoms with Crippen molar-refractivity contribution in [3.05, 3.63) is 22.7 Å². The molecule has 2 heterocycles. The van der Waals surface area contributed by atoms with Crippen LogP contribution in [0.3, 0.4) is 0 Å². The fourth-order valence-electron chi connectivity index (χ4n) is 1.87. The lowest BCUT2D eigenvalue weighted by Gasteiger charge is -2.16. The molecule has 1 aromatic heterocycles. The van der Waals surface area contributed by atoms with E-state index in [1.165, 1.54) is 24.3 Å². The first-order valence-corrected chi connectivity index (χ1v) is 6.01. The third-order valence-corrected chi connectivity index (χ3v) is 3.17. The molecule has 1 fully saturated rings. The fraction of sp³-hybridized carbons (Fsp3) is 0.364. The maximum atomic E-state index is 13.6.